The zero-order valence-electron chi connectivity index (χ0n) is 17.3. The van der Waals surface area contributed by atoms with Crippen molar-refractivity contribution in [3.8, 4) is 0 Å². The maximum Gasteiger partial charge on any atom is 0.243 e. The van der Waals surface area contributed by atoms with Crippen molar-refractivity contribution in [2.75, 3.05) is 18.0 Å². The maximum atomic E-state index is 13.4. The normalized spacial score (nSPS) is 22.5. The van der Waals surface area contributed by atoms with Crippen LogP contribution in [0, 0.1) is 19.8 Å². The third kappa shape index (κ3) is 3.60. The number of hydrogen-bond donors (Lipinski definition) is 0. The molecule has 0 saturated carbocycles. The quantitative estimate of drug-likeness (QED) is 0.773. The lowest BCUT2D eigenvalue weighted by Gasteiger charge is -2.35. The number of fused-ring (bicyclic) bond motifs is 1. The molecule has 2 aromatic carbocycles. The molecule has 0 spiro atoms. The van der Waals surface area contributed by atoms with Crippen LogP contribution in [0.15, 0.2) is 47.4 Å². The third-order valence-electron chi connectivity index (χ3n) is 6.14. The second-order valence-corrected chi connectivity index (χ2v) is 10.3. The highest BCUT2D eigenvalue weighted by atomic mass is 32.2. The topological polar surface area (TPSA) is 57.7 Å². The molecule has 2 aromatic rings. The Morgan fingerprint density at radius 2 is 1.86 bits per heavy atom. The molecule has 0 radical (unpaired) electrons. The second-order valence-electron chi connectivity index (χ2n) is 8.36. The van der Waals surface area contributed by atoms with Gasteiger partial charge in [-0.2, -0.15) is 4.31 Å². The molecule has 29 heavy (non-hydrogen) atoms. The van der Waals surface area contributed by atoms with Crippen LogP contribution in [-0.4, -0.2) is 37.8 Å². The van der Waals surface area contributed by atoms with E-state index in [1.165, 1.54) is 9.87 Å². The molecule has 1 saturated heterocycles. The van der Waals surface area contributed by atoms with E-state index in [1.54, 1.807) is 6.07 Å². The van der Waals surface area contributed by atoms with Crippen LogP contribution < -0.4 is 4.90 Å². The van der Waals surface area contributed by atoms with Crippen LogP contribution in [0.1, 0.15) is 36.5 Å². The summed E-state index contributed by atoms with van der Waals surface area (Å²) in [5.41, 5.74) is 3.82. The average Bonchev–Trinajstić information content (AvgIpc) is 3.05. The molecule has 4 rings (SSSR count). The van der Waals surface area contributed by atoms with E-state index in [9.17, 15) is 13.2 Å². The van der Waals surface area contributed by atoms with E-state index in [1.807, 2.05) is 49.1 Å². The number of piperidine rings is 1. The Balaban J connectivity index is 1.59. The second kappa shape index (κ2) is 7.58. The number of sulfonamides is 1. The van der Waals surface area contributed by atoms with E-state index in [-0.39, 0.29) is 24.4 Å². The van der Waals surface area contributed by atoms with Crippen LogP contribution in [0.4, 0.5) is 5.69 Å². The van der Waals surface area contributed by atoms with Gasteiger partial charge in [0.25, 0.3) is 0 Å². The molecule has 154 valence electrons. The summed E-state index contributed by atoms with van der Waals surface area (Å²) in [5.74, 6) is -0.263. The van der Waals surface area contributed by atoms with Gasteiger partial charge in [0.1, 0.15) is 0 Å². The Labute approximate surface area is 173 Å². The number of nitrogens with zero attached hydrogens (tertiary/aromatic N) is 2. The summed E-state index contributed by atoms with van der Waals surface area (Å²) in [4.78, 5) is 15.6. The van der Waals surface area contributed by atoms with Gasteiger partial charge in [-0.15, -0.1) is 0 Å². The zero-order chi connectivity index (χ0) is 20.8. The van der Waals surface area contributed by atoms with Gasteiger partial charge in [0.05, 0.1) is 10.8 Å². The Morgan fingerprint density at radius 1 is 1.10 bits per heavy atom. The van der Waals surface area contributed by atoms with Crippen molar-refractivity contribution in [2.24, 2.45) is 5.92 Å². The first-order valence-electron chi connectivity index (χ1n) is 10.3. The first kappa shape index (κ1) is 20.1. The van der Waals surface area contributed by atoms with Gasteiger partial charge in [0, 0.05) is 24.8 Å². The number of hydrogen-bond acceptors (Lipinski definition) is 3. The molecule has 2 heterocycles. The standard InChI is InChI=1S/C23H28N2O3S/c1-16-10-11-17(2)22(13-16)29(27,28)24-12-6-8-20(15-24)23(26)25-18(3)14-19-7-4-5-9-21(19)25/h4-5,7,9-11,13,18,20H,6,8,12,14-15H2,1-3H3/t18-,20-/m1/s1. The first-order valence-corrected chi connectivity index (χ1v) is 11.7. The monoisotopic (exact) mass is 412 g/mol. The molecule has 0 unspecified atom stereocenters. The molecule has 0 bridgehead atoms. The number of para-hydroxylation sites is 1. The first-order chi connectivity index (χ1) is 13.8. The van der Waals surface area contributed by atoms with Crippen LogP contribution in [0.2, 0.25) is 0 Å². The van der Waals surface area contributed by atoms with Gasteiger partial charge in [-0.05, 0) is 68.9 Å². The van der Waals surface area contributed by atoms with Crippen molar-refractivity contribution >= 4 is 21.6 Å². The Morgan fingerprint density at radius 3 is 2.66 bits per heavy atom. The predicted octanol–water partition coefficient (Wildman–Crippen LogP) is 3.68. The fourth-order valence-electron chi connectivity index (χ4n) is 4.58. The smallest absolute Gasteiger partial charge is 0.243 e. The summed E-state index contributed by atoms with van der Waals surface area (Å²) in [6.07, 6.45) is 2.27. The van der Waals surface area contributed by atoms with E-state index in [0.717, 1.165) is 29.7 Å². The highest BCUT2D eigenvalue weighted by Gasteiger charge is 2.39. The summed E-state index contributed by atoms with van der Waals surface area (Å²) >= 11 is 0. The lowest BCUT2D eigenvalue weighted by Crippen LogP contribution is -2.48. The molecule has 2 atom stereocenters. The molecule has 0 aliphatic carbocycles. The lowest BCUT2D eigenvalue weighted by molar-refractivity contribution is -0.123. The summed E-state index contributed by atoms with van der Waals surface area (Å²) in [5, 5.41) is 0. The predicted molar refractivity (Wildman–Crippen MR) is 114 cm³/mol. The van der Waals surface area contributed by atoms with Crippen LogP contribution in [0.3, 0.4) is 0 Å². The zero-order valence-corrected chi connectivity index (χ0v) is 18.1. The van der Waals surface area contributed by atoms with Gasteiger partial charge in [0.2, 0.25) is 15.9 Å². The van der Waals surface area contributed by atoms with E-state index < -0.39 is 10.0 Å². The fraction of sp³-hybridized carbons (Fsp3) is 0.435. The molecule has 1 fully saturated rings. The number of amides is 1. The minimum Gasteiger partial charge on any atom is -0.309 e. The highest BCUT2D eigenvalue weighted by Crippen LogP contribution is 2.35. The Kier molecular flexibility index (Phi) is 5.25. The number of carbonyl (C=O) groups is 1. The molecule has 2 aliphatic heterocycles. The van der Waals surface area contributed by atoms with Gasteiger partial charge < -0.3 is 4.90 Å². The van der Waals surface area contributed by atoms with Crippen molar-refractivity contribution in [3.63, 3.8) is 0 Å². The van der Waals surface area contributed by atoms with Gasteiger partial charge in [-0.1, -0.05) is 30.3 Å². The minimum atomic E-state index is -3.62. The van der Waals surface area contributed by atoms with Crippen molar-refractivity contribution in [3.05, 3.63) is 59.2 Å². The van der Waals surface area contributed by atoms with E-state index >= 15 is 0 Å². The molecule has 2 aliphatic rings. The van der Waals surface area contributed by atoms with Gasteiger partial charge in [0.15, 0.2) is 0 Å². The Bertz CT molecular complexity index is 1050. The lowest BCUT2D eigenvalue weighted by atomic mass is 9.97. The SMILES string of the molecule is Cc1ccc(C)c(S(=O)(=O)N2CCC[C@@H](C(=O)N3c4ccccc4C[C@H]3C)C2)c1. The van der Waals surface area contributed by atoms with Crippen molar-refractivity contribution < 1.29 is 13.2 Å². The molecule has 0 N–H and O–H groups in total. The van der Waals surface area contributed by atoms with Gasteiger partial charge in [-0.3, -0.25) is 4.79 Å². The van der Waals surface area contributed by atoms with Crippen molar-refractivity contribution in [2.45, 2.75) is 51.0 Å². The van der Waals surface area contributed by atoms with E-state index in [0.29, 0.717) is 17.9 Å². The number of aryl methyl sites for hydroxylation is 2. The summed E-state index contributed by atoms with van der Waals surface area (Å²) in [6, 6.07) is 13.6. The van der Waals surface area contributed by atoms with Crippen LogP contribution >= 0.6 is 0 Å². The Hall–Kier alpha value is -2.18. The summed E-state index contributed by atoms with van der Waals surface area (Å²) < 4.78 is 28.1. The average molecular weight is 413 g/mol. The van der Waals surface area contributed by atoms with Crippen LogP contribution in [0.5, 0.6) is 0 Å². The molecular weight excluding hydrogens is 384 g/mol. The van der Waals surface area contributed by atoms with Gasteiger partial charge >= 0.3 is 0 Å². The van der Waals surface area contributed by atoms with Crippen molar-refractivity contribution in [1.29, 1.82) is 0 Å². The van der Waals surface area contributed by atoms with Gasteiger partial charge in [-0.25, -0.2) is 8.42 Å². The molecular formula is C23H28N2O3S. The summed E-state index contributed by atoms with van der Waals surface area (Å²) in [7, 11) is -3.62. The maximum absolute atomic E-state index is 13.4. The molecule has 0 aromatic heterocycles. The number of rotatable bonds is 3. The summed E-state index contributed by atoms with van der Waals surface area (Å²) in [6.45, 7) is 6.49. The molecule has 1 amide bonds. The molecule has 5 nitrogen and oxygen atoms in total. The number of carbonyl (C=O) groups excluding carboxylic acids is 1. The number of anilines is 1. The number of benzene rings is 2. The van der Waals surface area contributed by atoms with Crippen molar-refractivity contribution in [1.82, 2.24) is 4.31 Å². The van der Waals surface area contributed by atoms with Crippen LogP contribution in [0.25, 0.3) is 0 Å². The third-order valence-corrected chi connectivity index (χ3v) is 8.15. The molecule has 6 heteroatoms. The largest absolute Gasteiger partial charge is 0.309 e. The fourth-order valence-corrected chi connectivity index (χ4v) is 6.42. The van der Waals surface area contributed by atoms with E-state index in [2.05, 4.69) is 13.0 Å². The van der Waals surface area contributed by atoms with Crippen LogP contribution in [-0.2, 0) is 21.2 Å². The highest BCUT2D eigenvalue weighted by molar-refractivity contribution is 7.89. The minimum absolute atomic E-state index is 0.0447. The van der Waals surface area contributed by atoms with E-state index in [4.69, 9.17) is 0 Å².